The van der Waals surface area contributed by atoms with Crippen molar-refractivity contribution in [1.82, 2.24) is 4.90 Å². The molecule has 0 aliphatic rings. The van der Waals surface area contributed by atoms with Crippen LogP contribution in [0.25, 0.3) is 0 Å². The molecule has 0 saturated heterocycles. The maximum Gasteiger partial charge on any atom is 0.324 e. The van der Waals surface area contributed by atoms with Gasteiger partial charge in [0.2, 0.25) is 0 Å². The summed E-state index contributed by atoms with van der Waals surface area (Å²) in [6.07, 6.45) is -0.132. The molecule has 0 unspecified atom stereocenters. The maximum atomic E-state index is 12.3. The molecule has 6 nitrogen and oxygen atoms in total. The molecule has 0 saturated carbocycles. The molecule has 0 heterocycles. The number of benzene rings is 1. The molecule has 0 radical (unpaired) electrons. The molecule has 2 N–H and O–H groups in total. The lowest BCUT2D eigenvalue weighted by Crippen LogP contribution is -2.43. The summed E-state index contributed by atoms with van der Waals surface area (Å²) < 4.78 is 0. The van der Waals surface area contributed by atoms with Gasteiger partial charge in [-0.1, -0.05) is 17.7 Å². The van der Waals surface area contributed by atoms with Crippen molar-refractivity contribution in [3.8, 4) is 0 Å². The third-order valence-corrected chi connectivity index (χ3v) is 2.89. The summed E-state index contributed by atoms with van der Waals surface area (Å²) in [6.45, 7) is 2.09. The zero-order valence-electron chi connectivity index (χ0n) is 11.7. The monoisotopic (exact) mass is 280 g/mol. The van der Waals surface area contributed by atoms with E-state index in [9.17, 15) is 9.59 Å². The molecule has 2 amide bonds. The van der Waals surface area contributed by atoms with E-state index in [1.807, 2.05) is 19.1 Å². The number of carboxylic acid groups (broad SMARTS) is 1. The maximum absolute atomic E-state index is 12.3. The number of aliphatic hydroxyl groups is 1. The summed E-state index contributed by atoms with van der Waals surface area (Å²) in [5.41, 5.74) is 1.70. The van der Waals surface area contributed by atoms with Gasteiger partial charge in [-0.2, -0.15) is 0 Å². The summed E-state index contributed by atoms with van der Waals surface area (Å²) in [5, 5.41) is 17.7. The van der Waals surface area contributed by atoms with E-state index in [4.69, 9.17) is 10.2 Å². The number of urea groups is 1. The number of nitrogens with zero attached hydrogens (tertiary/aromatic N) is 2. The van der Waals surface area contributed by atoms with Gasteiger partial charge in [0, 0.05) is 25.8 Å². The first-order valence-corrected chi connectivity index (χ1v) is 6.37. The van der Waals surface area contributed by atoms with E-state index in [2.05, 4.69) is 0 Å². The molecule has 0 spiro atoms. The van der Waals surface area contributed by atoms with E-state index in [0.717, 1.165) is 5.56 Å². The largest absolute Gasteiger partial charge is 0.481 e. The molecule has 0 fully saturated rings. The Kier molecular flexibility index (Phi) is 5.99. The molecule has 6 heteroatoms. The second kappa shape index (κ2) is 7.49. The van der Waals surface area contributed by atoms with Crippen LogP contribution in [0.15, 0.2) is 24.3 Å². The van der Waals surface area contributed by atoms with Gasteiger partial charge < -0.3 is 15.1 Å². The number of aryl methyl sites for hydroxylation is 1. The molecule has 0 aliphatic carbocycles. The molecule has 1 aromatic rings. The number of aliphatic carboxylic acids is 1. The average molecular weight is 280 g/mol. The highest BCUT2D eigenvalue weighted by molar-refractivity contribution is 5.92. The van der Waals surface area contributed by atoms with Crippen molar-refractivity contribution in [2.45, 2.75) is 13.3 Å². The molecule has 0 aromatic heterocycles. The van der Waals surface area contributed by atoms with Crippen LogP contribution in [0.3, 0.4) is 0 Å². The Labute approximate surface area is 118 Å². The first-order valence-electron chi connectivity index (χ1n) is 6.37. The standard InChI is InChI=1S/C14H20N2O4/c1-11-3-5-12(6-4-11)16(8-7-13(18)19)14(20)15(2)9-10-17/h3-6,17H,7-10H2,1-2H3,(H,18,19). The highest BCUT2D eigenvalue weighted by atomic mass is 16.4. The summed E-state index contributed by atoms with van der Waals surface area (Å²) in [6, 6.07) is 6.96. The van der Waals surface area contributed by atoms with Crippen molar-refractivity contribution < 1.29 is 19.8 Å². The topological polar surface area (TPSA) is 81.1 Å². The van der Waals surface area contributed by atoms with E-state index in [1.54, 1.807) is 19.2 Å². The van der Waals surface area contributed by atoms with Crippen LogP contribution in [-0.4, -0.2) is 53.9 Å². The van der Waals surface area contributed by atoms with E-state index < -0.39 is 5.97 Å². The predicted molar refractivity (Wildman–Crippen MR) is 75.9 cm³/mol. The fraction of sp³-hybridized carbons (Fsp3) is 0.429. The number of carbonyl (C=O) groups is 2. The van der Waals surface area contributed by atoms with Crippen LogP contribution in [0.5, 0.6) is 0 Å². The highest BCUT2D eigenvalue weighted by Crippen LogP contribution is 2.17. The fourth-order valence-corrected chi connectivity index (χ4v) is 1.72. The van der Waals surface area contributed by atoms with Gasteiger partial charge >= 0.3 is 12.0 Å². The van der Waals surface area contributed by atoms with Gasteiger partial charge in [-0.3, -0.25) is 9.69 Å². The lowest BCUT2D eigenvalue weighted by atomic mass is 10.2. The van der Waals surface area contributed by atoms with Crippen LogP contribution in [0.1, 0.15) is 12.0 Å². The van der Waals surface area contributed by atoms with E-state index in [-0.39, 0.29) is 32.1 Å². The number of carboxylic acids is 1. The molecule has 110 valence electrons. The Morgan fingerprint density at radius 3 is 2.25 bits per heavy atom. The lowest BCUT2D eigenvalue weighted by molar-refractivity contribution is -0.136. The Bertz CT molecular complexity index is 459. The van der Waals surface area contributed by atoms with Crippen LogP contribution in [0.4, 0.5) is 10.5 Å². The zero-order valence-corrected chi connectivity index (χ0v) is 11.7. The van der Waals surface area contributed by atoms with Crippen LogP contribution in [0, 0.1) is 6.92 Å². The minimum Gasteiger partial charge on any atom is -0.481 e. The second-order valence-corrected chi connectivity index (χ2v) is 4.56. The van der Waals surface area contributed by atoms with Crippen LogP contribution >= 0.6 is 0 Å². The van der Waals surface area contributed by atoms with Crippen molar-refractivity contribution in [2.75, 3.05) is 31.6 Å². The Balaban J connectivity index is 2.92. The molecule has 0 bridgehead atoms. The smallest absolute Gasteiger partial charge is 0.324 e. The molecule has 0 atom stereocenters. The van der Waals surface area contributed by atoms with Crippen molar-refractivity contribution in [1.29, 1.82) is 0 Å². The van der Waals surface area contributed by atoms with Gasteiger partial charge in [0.05, 0.1) is 13.0 Å². The number of carbonyl (C=O) groups excluding carboxylic acids is 1. The van der Waals surface area contributed by atoms with Crippen molar-refractivity contribution in [3.05, 3.63) is 29.8 Å². The number of anilines is 1. The van der Waals surface area contributed by atoms with Gasteiger partial charge in [0.15, 0.2) is 0 Å². The number of rotatable bonds is 6. The molecule has 1 rings (SSSR count). The summed E-state index contributed by atoms with van der Waals surface area (Å²) in [7, 11) is 1.57. The zero-order chi connectivity index (χ0) is 15.1. The Morgan fingerprint density at radius 1 is 1.15 bits per heavy atom. The third-order valence-electron chi connectivity index (χ3n) is 2.89. The van der Waals surface area contributed by atoms with Crippen molar-refractivity contribution in [3.63, 3.8) is 0 Å². The molecular formula is C14H20N2O4. The van der Waals surface area contributed by atoms with Crippen LogP contribution in [0.2, 0.25) is 0 Å². The number of hydrogen-bond acceptors (Lipinski definition) is 3. The van der Waals surface area contributed by atoms with Crippen LogP contribution < -0.4 is 4.90 Å². The van der Waals surface area contributed by atoms with Crippen LogP contribution in [-0.2, 0) is 4.79 Å². The lowest BCUT2D eigenvalue weighted by Gasteiger charge is -2.27. The van der Waals surface area contributed by atoms with Gasteiger partial charge in [-0.05, 0) is 19.1 Å². The number of hydrogen-bond donors (Lipinski definition) is 2. The average Bonchev–Trinajstić information content (AvgIpc) is 2.40. The Hall–Kier alpha value is -2.08. The van der Waals surface area contributed by atoms with Crippen molar-refractivity contribution in [2.24, 2.45) is 0 Å². The highest BCUT2D eigenvalue weighted by Gasteiger charge is 2.20. The van der Waals surface area contributed by atoms with Crippen molar-refractivity contribution >= 4 is 17.7 Å². The van der Waals surface area contributed by atoms with E-state index in [1.165, 1.54) is 9.80 Å². The summed E-state index contributed by atoms with van der Waals surface area (Å²) in [4.78, 5) is 25.8. The van der Waals surface area contributed by atoms with E-state index >= 15 is 0 Å². The Morgan fingerprint density at radius 2 is 1.75 bits per heavy atom. The third kappa shape index (κ3) is 4.55. The molecule has 20 heavy (non-hydrogen) atoms. The quantitative estimate of drug-likeness (QED) is 0.823. The second-order valence-electron chi connectivity index (χ2n) is 4.56. The predicted octanol–water partition coefficient (Wildman–Crippen LogP) is 1.32. The number of aliphatic hydroxyl groups excluding tert-OH is 1. The number of likely N-dealkylation sites (N-methyl/N-ethyl adjacent to an activating group) is 1. The molecule has 1 aromatic carbocycles. The fourth-order valence-electron chi connectivity index (χ4n) is 1.72. The normalized spacial score (nSPS) is 10.2. The number of amides is 2. The first-order chi connectivity index (χ1) is 9.45. The van der Waals surface area contributed by atoms with Gasteiger partial charge in [0.1, 0.15) is 0 Å². The molecular weight excluding hydrogens is 260 g/mol. The SMILES string of the molecule is Cc1ccc(N(CCC(=O)O)C(=O)N(C)CCO)cc1. The van der Waals surface area contributed by atoms with E-state index in [0.29, 0.717) is 5.69 Å². The minimum atomic E-state index is -0.959. The summed E-state index contributed by atoms with van der Waals surface area (Å²) in [5.74, 6) is -0.959. The van der Waals surface area contributed by atoms with Gasteiger partial charge in [-0.25, -0.2) is 4.79 Å². The minimum absolute atomic E-state index is 0.0903. The molecule has 0 aliphatic heterocycles. The summed E-state index contributed by atoms with van der Waals surface area (Å²) >= 11 is 0. The van der Waals surface area contributed by atoms with Gasteiger partial charge in [0.25, 0.3) is 0 Å². The first kappa shape index (κ1) is 16.0. The van der Waals surface area contributed by atoms with Gasteiger partial charge in [-0.15, -0.1) is 0 Å².